The summed E-state index contributed by atoms with van der Waals surface area (Å²) in [5, 5.41) is 7.89. The normalized spacial score (nSPS) is 26.5. The van der Waals surface area contributed by atoms with E-state index in [1.807, 2.05) is 0 Å². The lowest BCUT2D eigenvalue weighted by molar-refractivity contribution is 0.217. The summed E-state index contributed by atoms with van der Waals surface area (Å²) in [4.78, 5) is 0. The van der Waals surface area contributed by atoms with Crippen LogP contribution in [-0.4, -0.2) is 25.2 Å². The zero-order valence-corrected chi connectivity index (χ0v) is 18.1. The summed E-state index contributed by atoms with van der Waals surface area (Å²) in [5.41, 5.74) is 0. The van der Waals surface area contributed by atoms with Crippen LogP contribution >= 0.6 is 0 Å². The Morgan fingerprint density at radius 3 is 1.88 bits per heavy atom. The van der Waals surface area contributed by atoms with Crippen LogP contribution in [0.1, 0.15) is 105 Å². The van der Waals surface area contributed by atoms with Crippen LogP contribution in [0.25, 0.3) is 0 Å². The molecule has 0 bridgehead atoms. The van der Waals surface area contributed by atoms with Crippen molar-refractivity contribution in [3.05, 3.63) is 0 Å². The van der Waals surface area contributed by atoms with Gasteiger partial charge in [0.1, 0.15) is 0 Å². The predicted molar refractivity (Wildman–Crippen MR) is 113 cm³/mol. The lowest BCUT2D eigenvalue weighted by Gasteiger charge is -2.37. The average molecular weight is 353 g/mol. The van der Waals surface area contributed by atoms with Crippen molar-refractivity contribution in [3.63, 3.8) is 0 Å². The van der Waals surface area contributed by atoms with Crippen LogP contribution in [0.5, 0.6) is 0 Å². The van der Waals surface area contributed by atoms with Crippen LogP contribution in [0.4, 0.5) is 0 Å². The van der Waals surface area contributed by atoms with Crippen molar-refractivity contribution < 1.29 is 0 Å². The highest BCUT2D eigenvalue weighted by molar-refractivity contribution is 4.87. The van der Waals surface area contributed by atoms with E-state index in [-0.39, 0.29) is 0 Å². The van der Waals surface area contributed by atoms with Gasteiger partial charge in [-0.3, -0.25) is 0 Å². The van der Waals surface area contributed by atoms with E-state index in [4.69, 9.17) is 0 Å². The van der Waals surface area contributed by atoms with E-state index in [0.717, 1.165) is 29.8 Å². The molecule has 0 aliphatic heterocycles. The van der Waals surface area contributed by atoms with Crippen LogP contribution < -0.4 is 10.6 Å². The largest absolute Gasteiger partial charge is 0.314 e. The third kappa shape index (κ3) is 9.43. The topological polar surface area (TPSA) is 24.1 Å². The minimum absolute atomic E-state index is 0.720. The van der Waals surface area contributed by atoms with E-state index in [0.29, 0.717) is 0 Å². The molecule has 5 atom stereocenters. The molecule has 0 saturated heterocycles. The highest BCUT2D eigenvalue weighted by Crippen LogP contribution is 2.25. The van der Waals surface area contributed by atoms with Crippen LogP contribution in [0, 0.1) is 17.8 Å². The molecule has 0 aromatic heterocycles. The van der Waals surface area contributed by atoms with Gasteiger partial charge >= 0.3 is 0 Å². The van der Waals surface area contributed by atoms with Gasteiger partial charge in [-0.15, -0.1) is 0 Å². The second kappa shape index (κ2) is 14.0. The van der Waals surface area contributed by atoms with E-state index in [1.54, 1.807) is 0 Å². The van der Waals surface area contributed by atoms with Crippen LogP contribution in [0.2, 0.25) is 0 Å². The first-order valence-electron chi connectivity index (χ1n) is 11.6. The minimum atomic E-state index is 0.720. The van der Waals surface area contributed by atoms with E-state index in [9.17, 15) is 0 Å². The second-order valence-corrected chi connectivity index (χ2v) is 8.74. The Balaban J connectivity index is 2.35. The van der Waals surface area contributed by atoms with Gasteiger partial charge in [0.05, 0.1) is 0 Å². The van der Waals surface area contributed by atoms with Crippen molar-refractivity contribution in [3.8, 4) is 0 Å². The molecule has 0 spiro atoms. The molecule has 150 valence electrons. The monoisotopic (exact) mass is 352 g/mol. The molecule has 0 aromatic rings. The Morgan fingerprint density at radius 2 is 1.36 bits per heavy atom. The fraction of sp³-hybridized carbons (Fsp3) is 1.00. The molecule has 25 heavy (non-hydrogen) atoms. The fourth-order valence-electron chi connectivity index (χ4n) is 4.33. The van der Waals surface area contributed by atoms with Crippen LogP contribution in [-0.2, 0) is 0 Å². The zero-order chi connectivity index (χ0) is 18.5. The first-order chi connectivity index (χ1) is 12.1. The fourth-order valence-corrected chi connectivity index (χ4v) is 4.33. The lowest BCUT2D eigenvalue weighted by Crippen LogP contribution is -2.48. The van der Waals surface area contributed by atoms with E-state index in [2.05, 4.69) is 45.3 Å². The van der Waals surface area contributed by atoms with Gasteiger partial charge in [-0.25, -0.2) is 0 Å². The van der Waals surface area contributed by atoms with Gasteiger partial charge in [-0.05, 0) is 62.9 Å². The van der Waals surface area contributed by atoms with Gasteiger partial charge in [0.25, 0.3) is 0 Å². The molecule has 0 heterocycles. The van der Waals surface area contributed by atoms with Gasteiger partial charge in [0, 0.05) is 12.1 Å². The Labute approximate surface area is 159 Å². The Morgan fingerprint density at radius 1 is 0.800 bits per heavy atom. The van der Waals surface area contributed by atoms with Crippen molar-refractivity contribution in [2.75, 3.05) is 13.1 Å². The van der Waals surface area contributed by atoms with Crippen molar-refractivity contribution in [1.29, 1.82) is 0 Å². The Hall–Kier alpha value is -0.0800. The summed E-state index contributed by atoms with van der Waals surface area (Å²) in [6.45, 7) is 14.3. The minimum Gasteiger partial charge on any atom is -0.314 e. The molecule has 0 radical (unpaired) electrons. The van der Waals surface area contributed by atoms with Crippen molar-refractivity contribution >= 4 is 0 Å². The summed E-state index contributed by atoms with van der Waals surface area (Å²) in [5.74, 6) is 2.59. The molecule has 1 aliphatic rings. The molecule has 2 N–H and O–H groups in total. The molecule has 5 unspecified atom stereocenters. The SMILES string of the molecule is CCCCC(CC)CNC1CCC(C)C(NCC(CC)CCCC)C1. The molecule has 1 rings (SSSR count). The van der Waals surface area contributed by atoms with Crippen LogP contribution in [0.3, 0.4) is 0 Å². The van der Waals surface area contributed by atoms with E-state index in [1.165, 1.54) is 83.7 Å². The molecule has 1 aliphatic carbocycles. The maximum absolute atomic E-state index is 3.96. The molecule has 1 saturated carbocycles. The van der Waals surface area contributed by atoms with E-state index >= 15 is 0 Å². The molecule has 0 amide bonds. The Kier molecular flexibility index (Phi) is 12.9. The summed E-state index contributed by atoms with van der Waals surface area (Å²) < 4.78 is 0. The smallest absolute Gasteiger partial charge is 0.0108 e. The van der Waals surface area contributed by atoms with Gasteiger partial charge in [0.15, 0.2) is 0 Å². The number of hydrogen-bond acceptors (Lipinski definition) is 2. The summed E-state index contributed by atoms with van der Waals surface area (Å²) in [6, 6.07) is 1.46. The van der Waals surface area contributed by atoms with Crippen molar-refractivity contribution in [1.82, 2.24) is 10.6 Å². The molecule has 1 fully saturated rings. The standard InChI is InChI=1S/C23H48N2/c1-6-10-12-20(8-3)17-24-22-15-14-19(5)23(16-22)25-18-21(9-4)13-11-7-2/h19-25H,6-18H2,1-5H3. The zero-order valence-electron chi connectivity index (χ0n) is 18.1. The van der Waals surface area contributed by atoms with Crippen molar-refractivity contribution in [2.24, 2.45) is 17.8 Å². The van der Waals surface area contributed by atoms with Gasteiger partial charge in [-0.1, -0.05) is 73.1 Å². The van der Waals surface area contributed by atoms with Gasteiger partial charge in [-0.2, -0.15) is 0 Å². The third-order valence-electron chi connectivity index (χ3n) is 6.65. The molecule has 0 aromatic carbocycles. The third-order valence-corrected chi connectivity index (χ3v) is 6.65. The maximum atomic E-state index is 3.96. The maximum Gasteiger partial charge on any atom is 0.0108 e. The summed E-state index contributed by atoms with van der Waals surface area (Å²) >= 11 is 0. The van der Waals surface area contributed by atoms with E-state index < -0.39 is 0 Å². The average Bonchev–Trinajstić information content (AvgIpc) is 2.64. The van der Waals surface area contributed by atoms with Gasteiger partial charge < -0.3 is 10.6 Å². The van der Waals surface area contributed by atoms with Crippen LogP contribution in [0.15, 0.2) is 0 Å². The first kappa shape index (κ1) is 23.0. The number of unbranched alkanes of at least 4 members (excludes halogenated alkanes) is 2. The Bertz CT molecular complexity index is 304. The predicted octanol–water partition coefficient (Wildman–Crippen LogP) is 6.16. The quantitative estimate of drug-likeness (QED) is 0.391. The molecular formula is C23H48N2. The summed E-state index contributed by atoms with van der Waals surface area (Å²) in [6.07, 6.45) is 15.0. The number of hydrogen-bond donors (Lipinski definition) is 2. The number of rotatable bonds is 14. The second-order valence-electron chi connectivity index (χ2n) is 8.74. The number of nitrogens with one attached hydrogen (secondary N) is 2. The molecule has 2 heteroatoms. The van der Waals surface area contributed by atoms with Gasteiger partial charge in [0.2, 0.25) is 0 Å². The molecular weight excluding hydrogens is 304 g/mol. The van der Waals surface area contributed by atoms with Crippen molar-refractivity contribution in [2.45, 2.75) is 117 Å². The lowest BCUT2D eigenvalue weighted by atomic mass is 9.82. The highest BCUT2D eigenvalue weighted by atomic mass is 15.0. The highest BCUT2D eigenvalue weighted by Gasteiger charge is 2.27. The first-order valence-corrected chi connectivity index (χ1v) is 11.6. The molecule has 2 nitrogen and oxygen atoms in total. The summed E-state index contributed by atoms with van der Waals surface area (Å²) in [7, 11) is 0.